The van der Waals surface area contributed by atoms with E-state index in [0.717, 1.165) is 23.1 Å². The van der Waals surface area contributed by atoms with Crippen molar-refractivity contribution in [2.24, 2.45) is 5.92 Å². The Hall–Kier alpha value is -1.67. The molecule has 0 saturated heterocycles. The standard InChI is InChI=1S/C17H19FO/c1-12-11-16(18)9-8-15(12)10-13(2)17(19)14-6-4-3-5-7-14/h3-9,11,13,17,19H,10H2,1-2H3. The Morgan fingerprint density at radius 1 is 1.11 bits per heavy atom. The van der Waals surface area contributed by atoms with Crippen molar-refractivity contribution in [3.63, 3.8) is 0 Å². The summed E-state index contributed by atoms with van der Waals surface area (Å²) in [5.74, 6) is -0.121. The van der Waals surface area contributed by atoms with Gasteiger partial charge in [-0.3, -0.25) is 0 Å². The maximum Gasteiger partial charge on any atom is 0.123 e. The maximum absolute atomic E-state index is 13.1. The van der Waals surface area contributed by atoms with E-state index >= 15 is 0 Å². The molecule has 0 bridgehead atoms. The average molecular weight is 258 g/mol. The van der Waals surface area contributed by atoms with Crippen LogP contribution in [0.3, 0.4) is 0 Å². The number of benzene rings is 2. The molecule has 2 atom stereocenters. The predicted molar refractivity (Wildman–Crippen MR) is 75.4 cm³/mol. The van der Waals surface area contributed by atoms with Gasteiger partial charge in [-0.15, -0.1) is 0 Å². The van der Waals surface area contributed by atoms with Crippen molar-refractivity contribution in [2.75, 3.05) is 0 Å². The van der Waals surface area contributed by atoms with Gasteiger partial charge in [0.05, 0.1) is 6.10 Å². The second-order valence-electron chi connectivity index (χ2n) is 5.11. The Bertz CT molecular complexity index is 536. The molecule has 2 rings (SSSR count). The first-order valence-corrected chi connectivity index (χ1v) is 6.56. The lowest BCUT2D eigenvalue weighted by atomic mass is 9.90. The topological polar surface area (TPSA) is 20.2 Å². The third kappa shape index (κ3) is 3.42. The summed E-state index contributed by atoms with van der Waals surface area (Å²) in [6.07, 6.45) is 0.244. The van der Waals surface area contributed by atoms with Gasteiger partial charge in [-0.05, 0) is 48.1 Å². The summed E-state index contributed by atoms with van der Waals surface area (Å²) in [5, 5.41) is 10.3. The molecular formula is C17H19FO. The van der Waals surface area contributed by atoms with Crippen LogP contribution in [0.1, 0.15) is 29.7 Å². The highest BCUT2D eigenvalue weighted by Crippen LogP contribution is 2.26. The Labute approximate surface area is 113 Å². The molecular weight excluding hydrogens is 239 g/mol. The zero-order chi connectivity index (χ0) is 13.8. The molecule has 2 unspecified atom stereocenters. The van der Waals surface area contributed by atoms with E-state index in [4.69, 9.17) is 0 Å². The Balaban J connectivity index is 2.10. The first-order valence-electron chi connectivity index (χ1n) is 6.56. The molecule has 2 aromatic rings. The Morgan fingerprint density at radius 3 is 2.42 bits per heavy atom. The summed E-state index contributed by atoms with van der Waals surface area (Å²) >= 11 is 0. The SMILES string of the molecule is Cc1cc(F)ccc1CC(C)C(O)c1ccccc1. The van der Waals surface area contributed by atoms with Crippen LogP contribution in [0.25, 0.3) is 0 Å². The van der Waals surface area contributed by atoms with Crippen molar-refractivity contribution >= 4 is 0 Å². The third-order valence-corrected chi connectivity index (χ3v) is 3.53. The minimum Gasteiger partial charge on any atom is -0.388 e. The second-order valence-corrected chi connectivity index (χ2v) is 5.11. The summed E-state index contributed by atoms with van der Waals surface area (Å²) in [6, 6.07) is 14.5. The highest BCUT2D eigenvalue weighted by Gasteiger charge is 2.17. The zero-order valence-electron chi connectivity index (χ0n) is 11.3. The van der Waals surface area contributed by atoms with E-state index in [-0.39, 0.29) is 11.7 Å². The van der Waals surface area contributed by atoms with Gasteiger partial charge in [-0.25, -0.2) is 4.39 Å². The van der Waals surface area contributed by atoms with Gasteiger partial charge in [-0.1, -0.05) is 43.3 Å². The lowest BCUT2D eigenvalue weighted by Crippen LogP contribution is -2.12. The van der Waals surface area contributed by atoms with Gasteiger partial charge in [0.1, 0.15) is 5.82 Å². The molecule has 1 nitrogen and oxygen atoms in total. The largest absolute Gasteiger partial charge is 0.388 e. The third-order valence-electron chi connectivity index (χ3n) is 3.53. The van der Waals surface area contributed by atoms with Crippen molar-refractivity contribution in [3.05, 3.63) is 71.0 Å². The predicted octanol–water partition coefficient (Wildman–Crippen LogP) is 4.05. The Morgan fingerprint density at radius 2 is 1.79 bits per heavy atom. The van der Waals surface area contributed by atoms with Crippen LogP contribution in [0.15, 0.2) is 48.5 Å². The molecule has 0 aliphatic rings. The van der Waals surface area contributed by atoms with E-state index in [2.05, 4.69) is 0 Å². The molecule has 0 heterocycles. The van der Waals surface area contributed by atoms with Crippen molar-refractivity contribution in [3.8, 4) is 0 Å². The fraction of sp³-hybridized carbons (Fsp3) is 0.294. The van der Waals surface area contributed by atoms with Crippen molar-refractivity contribution in [1.29, 1.82) is 0 Å². The molecule has 0 aliphatic heterocycles. The van der Waals surface area contributed by atoms with Crippen LogP contribution in [0, 0.1) is 18.7 Å². The van der Waals surface area contributed by atoms with Crippen LogP contribution >= 0.6 is 0 Å². The summed E-state index contributed by atoms with van der Waals surface area (Å²) in [7, 11) is 0. The van der Waals surface area contributed by atoms with Gasteiger partial charge in [0.25, 0.3) is 0 Å². The van der Waals surface area contributed by atoms with Crippen molar-refractivity contribution in [2.45, 2.75) is 26.4 Å². The van der Waals surface area contributed by atoms with Crippen LogP contribution in [0.2, 0.25) is 0 Å². The van der Waals surface area contributed by atoms with Gasteiger partial charge in [-0.2, -0.15) is 0 Å². The monoisotopic (exact) mass is 258 g/mol. The van der Waals surface area contributed by atoms with Gasteiger partial charge < -0.3 is 5.11 Å². The van der Waals surface area contributed by atoms with Crippen LogP contribution in [0.4, 0.5) is 4.39 Å². The highest BCUT2D eigenvalue weighted by atomic mass is 19.1. The van der Waals surface area contributed by atoms with Crippen LogP contribution in [-0.2, 0) is 6.42 Å². The number of halogens is 1. The van der Waals surface area contributed by atoms with Gasteiger partial charge in [0.15, 0.2) is 0 Å². The van der Waals surface area contributed by atoms with Gasteiger partial charge in [0.2, 0.25) is 0 Å². The minimum absolute atomic E-state index is 0.0894. The fourth-order valence-electron chi connectivity index (χ4n) is 2.33. The lowest BCUT2D eigenvalue weighted by molar-refractivity contribution is 0.117. The highest BCUT2D eigenvalue weighted by molar-refractivity contribution is 5.27. The Kier molecular flexibility index (Phi) is 4.33. The van der Waals surface area contributed by atoms with Gasteiger partial charge in [0, 0.05) is 0 Å². The lowest BCUT2D eigenvalue weighted by Gasteiger charge is -2.20. The van der Waals surface area contributed by atoms with E-state index in [1.54, 1.807) is 6.07 Å². The summed E-state index contributed by atoms with van der Waals surface area (Å²) in [5.41, 5.74) is 2.95. The van der Waals surface area contributed by atoms with E-state index in [9.17, 15) is 9.50 Å². The molecule has 19 heavy (non-hydrogen) atoms. The number of hydrogen-bond donors (Lipinski definition) is 1. The maximum atomic E-state index is 13.1. The van der Waals surface area contributed by atoms with Crippen LogP contribution in [0.5, 0.6) is 0 Å². The average Bonchev–Trinajstić information content (AvgIpc) is 2.42. The fourth-order valence-corrected chi connectivity index (χ4v) is 2.33. The number of rotatable bonds is 4. The molecule has 2 heteroatoms. The van der Waals surface area contributed by atoms with E-state index < -0.39 is 6.10 Å². The summed E-state index contributed by atoms with van der Waals surface area (Å²) in [6.45, 7) is 3.92. The van der Waals surface area contributed by atoms with Crippen LogP contribution < -0.4 is 0 Å². The first kappa shape index (κ1) is 13.8. The molecule has 0 saturated carbocycles. The molecule has 2 aromatic carbocycles. The van der Waals surface area contributed by atoms with Crippen molar-refractivity contribution < 1.29 is 9.50 Å². The minimum atomic E-state index is -0.495. The van der Waals surface area contributed by atoms with Crippen molar-refractivity contribution in [1.82, 2.24) is 0 Å². The first-order chi connectivity index (χ1) is 9.08. The van der Waals surface area contributed by atoms with E-state index in [0.29, 0.717) is 0 Å². The number of aliphatic hydroxyl groups excluding tert-OH is 1. The smallest absolute Gasteiger partial charge is 0.123 e. The number of aryl methyl sites for hydroxylation is 1. The molecule has 0 aromatic heterocycles. The summed E-state index contributed by atoms with van der Waals surface area (Å²) in [4.78, 5) is 0. The quantitative estimate of drug-likeness (QED) is 0.877. The molecule has 0 fully saturated rings. The molecule has 0 spiro atoms. The number of hydrogen-bond acceptors (Lipinski definition) is 1. The zero-order valence-corrected chi connectivity index (χ0v) is 11.3. The van der Waals surface area contributed by atoms with Gasteiger partial charge >= 0.3 is 0 Å². The molecule has 0 amide bonds. The molecule has 1 N–H and O–H groups in total. The molecule has 0 radical (unpaired) electrons. The van der Waals surface area contributed by atoms with E-state index in [1.807, 2.05) is 44.2 Å². The molecule has 0 aliphatic carbocycles. The summed E-state index contributed by atoms with van der Waals surface area (Å²) < 4.78 is 13.1. The number of aliphatic hydroxyl groups is 1. The van der Waals surface area contributed by atoms with E-state index in [1.165, 1.54) is 12.1 Å². The normalized spacial score (nSPS) is 14.1. The second kappa shape index (κ2) is 5.98. The van der Waals surface area contributed by atoms with Crippen LogP contribution in [-0.4, -0.2) is 5.11 Å². The molecule has 100 valence electrons.